The standard InChI is InChI=1S/C32H22N2O/c1-32(2)24-15-14-22-21-10-5-6-12-27(21)34(28-13-7-11-26-31(28)35-18-33-26)30(22)29(24)23-16-19-8-3-4-9-20(19)17-25(23)32/h3-18H,1-2H3. The molecule has 3 heteroatoms. The first-order valence-corrected chi connectivity index (χ1v) is 12.1. The smallest absolute Gasteiger partial charge is 0.182 e. The van der Waals surface area contributed by atoms with Gasteiger partial charge in [0, 0.05) is 21.8 Å². The fourth-order valence-electron chi connectivity index (χ4n) is 6.26. The van der Waals surface area contributed by atoms with E-state index in [2.05, 4.69) is 108 Å². The topological polar surface area (TPSA) is 31.0 Å². The van der Waals surface area contributed by atoms with Crippen LogP contribution >= 0.6 is 0 Å². The van der Waals surface area contributed by atoms with Gasteiger partial charge in [-0.1, -0.05) is 74.5 Å². The summed E-state index contributed by atoms with van der Waals surface area (Å²) in [5, 5.41) is 5.06. The summed E-state index contributed by atoms with van der Waals surface area (Å²) in [4.78, 5) is 4.44. The number of hydrogen-bond acceptors (Lipinski definition) is 2. The summed E-state index contributed by atoms with van der Waals surface area (Å²) in [5.41, 5.74) is 10.4. The first kappa shape index (κ1) is 19.0. The molecule has 0 spiro atoms. The second-order valence-electron chi connectivity index (χ2n) is 10.1. The van der Waals surface area contributed by atoms with Crippen LogP contribution in [0.15, 0.2) is 102 Å². The Morgan fingerprint density at radius 2 is 1.54 bits per heavy atom. The van der Waals surface area contributed by atoms with E-state index in [1.165, 1.54) is 61.2 Å². The number of rotatable bonds is 1. The minimum absolute atomic E-state index is 0.0948. The van der Waals surface area contributed by atoms with Crippen LogP contribution in [0.25, 0.3) is 60.5 Å². The number of benzene rings is 5. The summed E-state index contributed by atoms with van der Waals surface area (Å²) in [6.07, 6.45) is 1.54. The molecule has 2 heterocycles. The van der Waals surface area contributed by atoms with Crippen molar-refractivity contribution in [3.63, 3.8) is 0 Å². The van der Waals surface area contributed by atoms with E-state index in [4.69, 9.17) is 4.42 Å². The first-order valence-electron chi connectivity index (χ1n) is 12.1. The average Bonchev–Trinajstić information content (AvgIpc) is 3.55. The molecule has 0 unspecified atom stereocenters. The number of oxazole rings is 1. The van der Waals surface area contributed by atoms with Crippen molar-refractivity contribution in [3.8, 4) is 16.8 Å². The van der Waals surface area contributed by atoms with Gasteiger partial charge in [-0.25, -0.2) is 4.98 Å². The van der Waals surface area contributed by atoms with Crippen LogP contribution in [0, 0.1) is 0 Å². The van der Waals surface area contributed by atoms with Crippen molar-refractivity contribution in [1.82, 2.24) is 9.55 Å². The van der Waals surface area contributed by atoms with E-state index < -0.39 is 0 Å². The Hall–Kier alpha value is -4.37. The van der Waals surface area contributed by atoms with E-state index in [0.29, 0.717) is 0 Å². The van der Waals surface area contributed by atoms with Gasteiger partial charge in [-0.2, -0.15) is 0 Å². The lowest BCUT2D eigenvalue weighted by molar-refractivity contribution is 0.600. The lowest BCUT2D eigenvalue weighted by Gasteiger charge is -2.22. The summed E-state index contributed by atoms with van der Waals surface area (Å²) in [6, 6.07) is 33.0. The fraction of sp³-hybridized carbons (Fsp3) is 0.0938. The molecule has 0 saturated heterocycles. The highest BCUT2D eigenvalue weighted by atomic mass is 16.3. The van der Waals surface area contributed by atoms with Crippen LogP contribution in [0.2, 0.25) is 0 Å². The van der Waals surface area contributed by atoms with Crippen LogP contribution in [0.3, 0.4) is 0 Å². The molecule has 3 nitrogen and oxygen atoms in total. The van der Waals surface area contributed by atoms with Crippen LogP contribution in [0.1, 0.15) is 25.0 Å². The van der Waals surface area contributed by atoms with Gasteiger partial charge in [0.25, 0.3) is 0 Å². The van der Waals surface area contributed by atoms with Crippen LogP contribution < -0.4 is 0 Å². The van der Waals surface area contributed by atoms with E-state index in [9.17, 15) is 0 Å². The van der Waals surface area contributed by atoms with Gasteiger partial charge in [-0.15, -0.1) is 0 Å². The molecular formula is C32H22N2O. The molecule has 1 aliphatic carbocycles. The number of aromatic nitrogens is 2. The number of nitrogens with zero attached hydrogens (tertiary/aromatic N) is 2. The second kappa shape index (κ2) is 6.39. The van der Waals surface area contributed by atoms with Crippen LogP contribution in [0.4, 0.5) is 0 Å². The van der Waals surface area contributed by atoms with Gasteiger partial charge >= 0.3 is 0 Å². The third kappa shape index (κ3) is 2.33. The Balaban J connectivity index is 1.62. The minimum atomic E-state index is -0.0948. The highest BCUT2D eigenvalue weighted by Gasteiger charge is 2.38. The molecule has 8 rings (SSSR count). The van der Waals surface area contributed by atoms with Gasteiger partial charge < -0.3 is 8.98 Å². The molecule has 0 atom stereocenters. The Morgan fingerprint density at radius 3 is 2.43 bits per heavy atom. The van der Waals surface area contributed by atoms with E-state index in [-0.39, 0.29) is 5.41 Å². The van der Waals surface area contributed by atoms with Crippen molar-refractivity contribution in [1.29, 1.82) is 0 Å². The van der Waals surface area contributed by atoms with Gasteiger partial charge in [0.15, 0.2) is 12.0 Å². The highest BCUT2D eigenvalue weighted by Crippen LogP contribution is 2.54. The second-order valence-corrected chi connectivity index (χ2v) is 10.1. The molecule has 0 aliphatic heterocycles. The van der Waals surface area contributed by atoms with Gasteiger partial charge in [-0.05, 0) is 57.8 Å². The van der Waals surface area contributed by atoms with Crippen molar-refractivity contribution in [3.05, 3.63) is 109 Å². The third-order valence-corrected chi connectivity index (χ3v) is 7.92. The zero-order chi connectivity index (χ0) is 23.3. The third-order valence-electron chi connectivity index (χ3n) is 7.92. The van der Waals surface area contributed by atoms with E-state index in [0.717, 1.165) is 16.8 Å². The Morgan fingerprint density at radius 1 is 0.743 bits per heavy atom. The monoisotopic (exact) mass is 450 g/mol. The molecule has 0 fully saturated rings. The van der Waals surface area contributed by atoms with Gasteiger partial charge in [0.05, 0.1) is 16.7 Å². The molecule has 2 aromatic heterocycles. The van der Waals surface area contributed by atoms with Crippen LogP contribution in [-0.2, 0) is 5.41 Å². The lowest BCUT2D eigenvalue weighted by atomic mass is 9.82. The number of fused-ring (bicyclic) bond motifs is 9. The SMILES string of the molecule is CC1(C)c2cc3ccccc3cc2-c2c1ccc1c3ccccc3n(-c3cccc4ncoc34)c21. The summed E-state index contributed by atoms with van der Waals surface area (Å²) in [7, 11) is 0. The van der Waals surface area contributed by atoms with Crippen molar-refractivity contribution >= 4 is 43.7 Å². The highest BCUT2D eigenvalue weighted by molar-refractivity contribution is 6.16. The maximum Gasteiger partial charge on any atom is 0.182 e. The number of para-hydroxylation sites is 2. The zero-order valence-electron chi connectivity index (χ0n) is 19.5. The first-order chi connectivity index (χ1) is 17.1. The largest absolute Gasteiger partial charge is 0.441 e. The Bertz CT molecular complexity index is 1990. The van der Waals surface area contributed by atoms with E-state index in [1.54, 1.807) is 0 Å². The lowest BCUT2D eigenvalue weighted by Crippen LogP contribution is -2.14. The van der Waals surface area contributed by atoms with E-state index in [1.807, 2.05) is 6.07 Å². The minimum Gasteiger partial charge on any atom is -0.441 e. The van der Waals surface area contributed by atoms with Crippen LogP contribution in [0.5, 0.6) is 0 Å². The van der Waals surface area contributed by atoms with Gasteiger partial charge in [-0.3, -0.25) is 0 Å². The molecule has 0 saturated carbocycles. The molecule has 0 radical (unpaired) electrons. The molecule has 0 N–H and O–H groups in total. The molecule has 5 aromatic carbocycles. The van der Waals surface area contributed by atoms with Crippen molar-refractivity contribution < 1.29 is 4.42 Å². The molecule has 166 valence electrons. The maximum absolute atomic E-state index is 5.93. The molecule has 1 aliphatic rings. The summed E-state index contributed by atoms with van der Waals surface area (Å²) in [6.45, 7) is 4.70. The number of hydrogen-bond donors (Lipinski definition) is 0. The Labute approximate surface area is 202 Å². The van der Waals surface area contributed by atoms with E-state index >= 15 is 0 Å². The quantitative estimate of drug-likeness (QED) is 0.251. The summed E-state index contributed by atoms with van der Waals surface area (Å²) in [5.74, 6) is 0. The van der Waals surface area contributed by atoms with Crippen LogP contribution in [-0.4, -0.2) is 9.55 Å². The molecule has 35 heavy (non-hydrogen) atoms. The van der Waals surface area contributed by atoms with Crippen molar-refractivity contribution in [2.24, 2.45) is 0 Å². The molecular weight excluding hydrogens is 428 g/mol. The summed E-state index contributed by atoms with van der Waals surface area (Å²) >= 11 is 0. The summed E-state index contributed by atoms with van der Waals surface area (Å²) < 4.78 is 8.31. The molecule has 0 bridgehead atoms. The average molecular weight is 451 g/mol. The molecule has 7 aromatic rings. The zero-order valence-corrected chi connectivity index (χ0v) is 19.5. The predicted molar refractivity (Wildman–Crippen MR) is 143 cm³/mol. The molecule has 0 amide bonds. The van der Waals surface area contributed by atoms with Crippen molar-refractivity contribution in [2.75, 3.05) is 0 Å². The fourth-order valence-corrected chi connectivity index (χ4v) is 6.26. The Kier molecular flexibility index (Phi) is 3.47. The van der Waals surface area contributed by atoms with Crippen molar-refractivity contribution in [2.45, 2.75) is 19.3 Å². The maximum atomic E-state index is 5.93. The van der Waals surface area contributed by atoms with Gasteiger partial charge in [0.1, 0.15) is 5.52 Å². The van der Waals surface area contributed by atoms with Gasteiger partial charge in [0.2, 0.25) is 0 Å². The normalized spacial score (nSPS) is 14.2. The predicted octanol–water partition coefficient (Wildman–Crippen LogP) is 8.38.